The summed E-state index contributed by atoms with van der Waals surface area (Å²) in [6, 6.07) is 12.0. The molecular weight excluding hydrogens is 302 g/mol. The van der Waals surface area contributed by atoms with E-state index >= 15 is 0 Å². The van der Waals surface area contributed by atoms with E-state index in [2.05, 4.69) is 10.2 Å². The first kappa shape index (κ1) is 14.6. The van der Waals surface area contributed by atoms with Crippen LogP contribution in [0.1, 0.15) is 6.92 Å². The molecule has 0 radical (unpaired) electrons. The molecule has 6 nitrogen and oxygen atoms in total. The highest BCUT2D eigenvalue weighted by atomic mass is 32.2. The van der Waals surface area contributed by atoms with Crippen molar-refractivity contribution < 1.29 is 13.2 Å². The summed E-state index contributed by atoms with van der Waals surface area (Å²) in [6.07, 6.45) is 0. The van der Waals surface area contributed by atoms with Crippen molar-refractivity contribution in [3.63, 3.8) is 0 Å². The zero-order chi connectivity index (χ0) is 15.7. The minimum absolute atomic E-state index is 0.0575. The fourth-order valence-corrected chi connectivity index (χ4v) is 2.85. The smallest absolute Gasteiger partial charge is 0.238 e. The van der Waals surface area contributed by atoms with Gasteiger partial charge in [0.15, 0.2) is 0 Å². The molecule has 3 rings (SSSR count). The lowest BCUT2D eigenvalue weighted by molar-refractivity contribution is 0.341. The maximum absolute atomic E-state index is 11.5. The van der Waals surface area contributed by atoms with Gasteiger partial charge in [-0.15, -0.1) is 0 Å². The number of nitrogens with zero attached hydrogens (tertiary/aromatic N) is 1. The van der Waals surface area contributed by atoms with Crippen molar-refractivity contribution in [3.05, 3.63) is 42.5 Å². The largest absolute Gasteiger partial charge is 0.494 e. The minimum atomic E-state index is -3.75. The number of sulfonamides is 1. The second kappa shape index (κ2) is 5.43. The van der Waals surface area contributed by atoms with Crippen LogP contribution in [0.25, 0.3) is 22.2 Å². The Labute approximate surface area is 128 Å². The Morgan fingerprint density at radius 3 is 2.77 bits per heavy atom. The van der Waals surface area contributed by atoms with Crippen molar-refractivity contribution in [2.24, 2.45) is 5.14 Å². The van der Waals surface area contributed by atoms with Crippen molar-refractivity contribution in [1.82, 2.24) is 10.2 Å². The molecular formula is C15H15N3O3S. The van der Waals surface area contributed by atoms with Gasteiger partial charge in [-0.05, 0) is 37.3 Å². The number of aromatic amines is 1. The number of primary sulfonamides is 1. The third-order valence-corrected chi connectivity index (χ3v) is 4.19. The number of nitrogens with two attached hydrogens (primary N) is 1. The van der Waals surface area contributed by atoms with Gasteiger partial charge in [0.1, 0.15) is 11.4 Å². The zero-order valence-electron chi connectivity index (χ0n) is 11.9. The van der Waals surface area contributed by atoms with E-state index in [0.717, 1.165) is 16.7 Å². The summed E-state index contributed by atoms with van der Waals surface area (Å²) < 4.78 is 28.5. The third-order valence-electron chi connectivity index (χ3n) is 3.28. The van der Waals surface area contributed by atoms with Gasteiger partial charge in [-0.25, -0.2) is 13.6 Å². The first-order valence-corrected chi connectivity index (χ1v) is 8.28. The number of H-pyrrole nitrogens is 1. The van der Waals surface area contributed by atoms with E-state index in [1.165, 1.54) is 12.1 Å². The predicted molar refractivity (Wildman–Crippen MR) is 84.1 cm³/mol. The molecule has 0 bridgehead atoms. The molecule has 0 saturated carbocycles. The standard InChI is InChI=1S/C15H15N3O3S/c1-2-21-11-6-7-14-13(9-11)15(18-17-14)10-4-3-5-12(8-10)22(16,19)20/h3-9H,2H2,1H3,(H,17,18)(H2,16,19,20). The predicted octanol–water partition coefficient (Wildman–Crippen LogP) is 2.28. The van der Waals surface area contributed by atoms with Crippen LogP contribution in [0.3, 0.4) is 0 Å². The van der Waals surface area contributed by atoms with Gasteiger partial charge in [0, 0.05) is 10.9 Å². The summed E-state index contributed by atoms with van der Waals surface area (Å²) in [4.78, 5) is 0.0575. The monoisotopic (exact) mass is 317 g/mol. The molecule has 0 atom stereocenters. The van der Waals surface area contributed by atoms with Crippen LogP contribution in [0.4, 0.5) is 0 Å². The van der Waals surface area contributed by atoms with Gasteiger partial charge >= 0.3 is 0 Å². The van der Waals surface area contributed by atoms with E-state index < -0.39 is 10.0 Å². The fourth-order valence-electron chi connectivity index (χ4n) is 2.29. The van der Waals surface area contributed by atoms with Crippen LogP contribution in [-0.2, 0) is 10.0 Å². The molecule has 1 heterocycles. The van der Waals surface area contributed by atoms with E-state index in [4.69, 9.17) is 9.88 Å². The van der Waals surface area contributed by atoms with Crippen LogP contribution in [0.15, 0.2) is 47.4 Å². The Balaban J connectivity index is 2.16. The van der Waals surface area contributed by atoms with Crippen molar-refractivity contribution >= 4 is 20.9 Å². The number of hydrogen-bond donors (Lipinski definition) is 2. The van der Waals surface area contributed by atoms with Crippen LogP contribution >= 0.6 is 0 Å². The summed E-state index contributed by atoms with van der Waals surface area (Å²) in [7, 11) is -3.75. The van der Waals surface area contributed by atoms with Gasteiger partial charge < -0.3 is 4.74 Å². The van der Waals surface area contributed by atoms with E-state index in [-0.39, 0.29) is 4.90 Å². The summed E-state index contributed by atoms with van der Waals surface area (Å²) in [5, 5.41) is 13.2. The molecule has 0 unspecified atom stereocenters. The molecule has 0 aliphatic carbocycles. The van der Waals surface area contributed by atoms with Gasteiger partial charge in [0.05, 0.1) is 17.0 Å². The van der Waals surface area contributed by atoms with Crippen LogP contribution < -0.4 is 9.88 Å². The van der Waals surface area contributed by atoms with Gasteiger partial charge in [0.2, 0.25) is 10.0 Å². The van der Waals surface area contributed by atoms with E-state index in [1.54, 1.807) is 12.1 Å². The van der Waals surface area contributed by atoms with Crippen molar-refractivity contribution in [1.29, 1.82) is 0 Å². The molecule has 0 aliphatic heterocycles. The quantitative estimate of drug-likeness (QED) is 0.771. The number of rotatable bonds is 4. The lowest BCUT2D eigenvalue weighted by Gasteiger charge is -2.04. The molecule has 0 fully saturated rings. The molecule has 0 amide bonds. The zero-order valence-corrected chi connectivity index (χ0v) is 12.7. The van der Waals surface area contributed by atoms with E-state index in [9.17, 15) is 8.42 Å². The van der Waals surface area contributed by atoms with Crippen LogP contribution in [0.2, 0.25) is 0 Å². The molecule has 0 spiro atoms. The highest BCUT2D eigenvalue weighted by Crippen LogP contribution is 2.30. The molecule has 114 valence electrons. The summed E-state index contributed by atoms with van der Waals surface area (Å²) >= 11 is 0. The van der Waals surface area contributed by atoms with Crippen molar-refractivity contribution in [3.8, 4) is 17.0 Å². The summed E-state index contributed by atoms with van der Waals surface area (Å²) in [6.45, 7) is 2.48. The van der Waals surface area contributed by atoms with E-state index in [1.807, 2.05) is 25.1 Å². The number of benzene rings is 2. The SMILES string of the molecule is CCOc1ccc2[nH]nc(-c3cccc(S(N)(=O)=O)c3)c2c1. The Bertz CT molecular complexity index is 932. The topological polar surface area (TPSA) is 98.1 Å². The van der Waals surface area contributed by atoms with Gasteiger partial charge in [-0.3, -0.25) is 5.10 Å². The minimum Gasteiger partial charge on any atom is -0.494 e. The maximum atomic E-state index is 11.5. The Hall–Kier alpha value is -2.38. The van der Waals surface area contributed by atoms with Crippen LogP contribution in [0, 0.1) is 0 Å². The van der Waals surface area contributed by atoms with Crippen LogP contribution in [0.5, 0.6) is 5.75 Å². The molecule has 2 aromatic carbocycles. The third kappa shape index (κ3) is 2.68. The average Bonchev–Trinajstić information content (AvgIpc) is 2.90. The highest BCUT2D eigenvalue weighted by Gasteiger charge is 2.13. The molecule has 0 saturated heterocycles. The molecule has 22 heavy (non-hydrogen) atoms. The first-order chi connectivity index (χ1) is 10.5. The second-order valence-electron chi connectivity index (χ2n) is 4.79. The number of nitrogens with one attached hydrogen (secondary N) is 1. The number of aromatic nitrogens is 2. The number of fused-ring (bicyclic) bond motifs is 1. The summed E-state index contributed by atoms with van der Waals surface area (Å²) in [5.41, 5.74) is 2.17. The average molecular weight is 317 g/mol. The van der Waals surface area contributed by atoms with Gasteiger partial charge in [-0.2, -0.15) is 5.10 Å². The molecule has 3 N–H and O–H groups in total. The Morgan fingerprint density at radius 2 is 2.05 bits per heavy atom. The second-order valence-corrected chi connectivity index (χ2v) is 6.35. The van der Waals surface area contributed by atoms with E-state index in [0.29, 0.717) is 17.9 Å². The maximum Gasteiger partial charge on any atom is 0.238 e. The van der Waals surface area contributed by atoms with Crippen LogP contribution in [-0.4, -0.2) is 25.2 Å². The highest BCUT2D eigenvalue weighted by molar-refractivity contribution is 7.89. The van der Waals surface area contributed by atoms with Gasteiger partial charge in [0.25, 0.3) is 0 Å². The normalized spacial score (nSPS) is 11.7. The van der Waals surface area contributed by atoms with Crippen molar-refractivity contribution in [2.75, 3.05) is 6.61 Å². The van der Waals surface area contributed by atoms with Crippen molar-refractivity contribution in [2.45, 2.75) is 11.8 Å². The molecule has 3 aromatic rings. The summed E-state index contributed by atoms with van der Waals surface area (Å²) in [5.74, 6) is 0.736. The molecule has 0 aliphatic rings. The lowest BCUT2D eigenvalue weighted by Crippen LogP contribution is -2.11. The first-order valence-electron chi connectivity index (χ1n) is 6.73. The number of hydrogen-bond acceptors (Lipinski definition) is 4. The fraction of sp³-hybridized carbons (Fsp3) is 0.133. The molecule has 1 aromatic heterocycles. The Kier molecular flexibility index (Phi) is 3.59. The van der Waals surface area contributed by atoms with Gasteiger partial charge in [-0.1, -0.05) is 12.1 Å². The molecule has 7 heteroatoms. The lowest BCUT2D eigenvalue weighted by atomic mass is 10.1. The Morgan fingerprint density at radius 1 is 1.23 bits per heavy atom. The number of ether oxygens (including phenoxy) is 1.